The summed E-state index contributed by atoms with van der Waals surface area (Å²) < 4.78 is 16.6. The Kier molecular flexibility index (Phi) is 6.24. The molecule has 1 aliphatic heterocycles. The molecule has 0 radical (unpaired) electrons. The van der Waals surface area contributed by atoms with Gasteiger partial charge in [0, 0.05) is 21.8 Å². The van der Waals surface area contributed by atoms with Crippen molar-refractivity contribution < 1.29 is 28.9 Å². The van der Waals surface area contributed by atoms with E-state index in [1.807, 2.05) is 0 Å². The van der Waals surface area contributed by atoms with Crippen molar-refractivity contribution >= 4 is 39.1 Å². The molecule has 0 fully saturated rings. The Bertz CT molecular complexity index is 925. The van der Waals surface area contributed by atoms with Gasteiger partial charge in [-0.1, -0.05) is 28.1 Å². The van der Waals surface area contributed by atoms with Gasteiger partial charge in [0.05, 0.1) is 13.7 Å². The first-order chi connectivity index (χ1) is 13.9. The zero-order chi connectivity index (χ0) is 21.0. The zero-order valence-electron chi connectivity index (χ0n) is 15.8. The lowest BCUT2D eigenvalue weighted by Crippen LogP contribution is -2.56. The second-order valence-corrected chi connectivity index (χ2v) is 7.15. The van der Waals surface area contributed by atoms with Gasteiger partial charge in [-0.05, 0) is 43.3 Å². The maximum Gasteiger partial charge on any atom is 0.336 e. The molecule has 1 heterocycles. The van der Waals surface area contributed by atoms with Gasteiger partial charge in [0.2, 0.25) is 5.78 Å². The fraction of sp³-hybridized carbons (Fsp3) is 0.238. The number of hydrogen-bond acceptors (Lipinski definition) is 7. The average Bonchev–Trinajstić information content (AvgIpc) is 3.02. The highest BCUT2D eigenvalue weighted by Gasteiger charge is 2.54. The molecular weight excluding hydrogens is 442 g/mol. The molecule has 2 aromatic rings. The van der Waals surface area contributed by atoms with E-state index in [4.69, 9.17) is 14.2 Å². The Morgan fingerprint density at radius 3 is 2.45 bits per heavy atom. The summed E-state index contributed by atoms with van der Waals surface area (Å²) in [6.45, 7) is 1.71. The molecular formula is C21H20BrNO6. The first kappa shape index (κ1) is 20.9. The van der Waals surface area contributed by atoms with Crippen molar-refractivity contribution in [3.8, 4) is 5.75 Å². The summed E-state index contributed by atoms with van der Waals surface area (Å²) in [5, 5.41) is 13.9. The minimum atomic E-state index is -2.45. The molecule has 8 heteroatoms. The number of anilines is 1. The number of ketones is 1. The van der Waals surface area contributed by atoms with Gasteiger partial charge in [-0.2, -0.15) is 0 Å². The van der Waals surface area contributed by atoms with Crippen LogP contribution in [0.1, 0.15) is 12.5 Å². The van der Waals surface area contributed by atoms with E-state index < -0.39 is 23.6 Å². The van der Waals surface area contributed by atoms with Crippen molar-refractivity contribution in [2.75, 3.05) is 19.0 Å². The van der Waals surface area contributed by atoms with E-state index in [0.29, 0.717) is 17.0 Å². The lowest BCUT2D eigenvalue weighted by Gasteiger charge is -2.30. The fourth-order valence-corrected chi connectivity index (χ4v) is 3.09. The van der Waals surface area contributed by atoms with Crippen LogP contribution in [0.5, 0.6) is 5.75 Å². The van der Waals surface area contributed by atoms with Crippen LogP contribution < -0.4 is 10.1 Å². The largest absolute Gasteiger partial charge is 0.497 e. The van der Waals surface area contributed by atoms with Crippen LogP contribution in [0.3, 0.4) is 0 Å². The zero-order valence-corrected chi connectivity index (χ0v) is 17.4. The van der Waals surface area contributed by atoms with E-state index in [1.165, 1.54) is 13.2 Å². The second-order valence-electron chi connectivity index (χ2n) is 6.24. The van der Waals surface area contributed by atoms with Gasteiger partial charge in [-0.3, -0.25) is 4.79 Å². The van der Waals surface area contributed by atoms with Crippen molar-refractivity contribution in [3.05, 3.63) is 64.6 Å². The van der Waals surface area contributed by atoms with Gasteiger partial charge >= 0.3 is 11.8 Å². The summed E-state index contributed by atoms with van der Waals surface area (Å²) in [6.07, 6.45) is 1.17. The molecule has 0 saturated carbocycles. The van der Waals surface area contributed by atoms with Crippen molar-refractivity contribution in [1.82, 2.24) is 0 Å². The first-order valence-corrected chi connectivity index (χ1v) is 9.67. The van der Waals surface area contributed by atoms with Crippen molar-refractivity contribution in [3.63, 3.8) is 0 Å². The van der Waals surface area contributed by atoms with E-state index in [-0.39, 0.29) is 12.4 Å². The second kappa shape index (κ2) is 8.67. The number of hydrogen-bond donors (Lipinski definition) is 2. The van der Waals surface area contributed by atoms with Gasteiger partial charge in [-0.25, -0.2) is 4.79 Å². The van der Waals surface area contributed by atoms with Crippen molar-refractivity contribution in [2.24, 2.45) is 0 Å². The highest BCUT2D eigenvalue weighted by atomic mass is 79.9. The van der Waals surface area contributed by atoms with E-state index >= 15 is 0 Å². The Morgan fingerprint density at radius 1 is 1.21 bits per heavy atom. The fourth-order valence-electron chi connectivity index (χ4n) is 2.82. The number of halogens is 1. The molecule has 29 heavy (non-hydrogen) atoms. The van der Waals surface area contributed by atoms with Gasteiger partial charge in [-0.15, -0.1) is 0 Å². The van der Waals surface area contributed by atoms with Crippen LogP contribution >= 0.6 is 15.9 Å². The van der Waals surface area contributed by atoms with Crippen molar-refractivity contribution in [1.29, 1.82) is 0 Å². The van der Waals surface area contributed by atoms with Crippen LogP contribution in [-0.4, -0.2) is 42.4 Å². The molecule has 1 aliphatic rings. The molecule has 152 valence electrons. The summed E-state index contributed by atoms with van der Waals surface area (Å²) >= 11 is 3.34. The van der Waals surface area contributed by atoms with Crippen LogP contribution in [-0.2, 0) is 19.1 Å². The number of esters is 1. The molecule has 0 spiro atoms. The minimum Gasteiger partial charge on any atom is -0.497 e. The Labute approximate surface area is 176 Å². The molecule has 7 nitrogen and oxygen atoms in total. The van der Waals surface area contributed by atoms with Gasteiger partial charge < -0.3 is 24.6 Å². The van der Waals surface area contributed by atoms with Gasteiger partial charge in [0.1, 0.15) is 11.5 Å². The maximum atomic E-state index is 12.7. The molecule has 0 amide bonds. The molecule has 2 atom stereocenters. The molecule has 2 aromatic carbocycles. The summed E-state index contributed by atoms with van der Waals surface area (Å²) in [6, 6.07) is 12.2. The summed E-state index contributed by atoms with van der Waals surface area (Å²) in [5.41, 5.74) is 1.07. The predicted molar refractivity (Wildman–Crippen MR) is 110 cm³/mol. The third kappa shape index (κ3) is 4.44. The van der Waals surface area contributed by atoms with Crippen LogP contribution in [0.25, 0.3) is 5.76 Å². The molecule has 0 aliphatic carbocycles. The standard InChI is InChI=1S/C21H20BrNO6/c1-3-28-20(25)19(23-15-8-10-16(27-2)11-9-15)21(26)18(24)12-17(29-21)13-4-6-14(22)7-5-13/h4-12,19,23,26H,3H2,1-2H3/t19-,21-/m0/s1. The smallest absolute Gasteiger partial charge is 0.336 e. The number of methoxy groups -OCH3 is 1. The Balaban J connectivity index is 1.88. The summed E-state index contributed by atoms with van der Waals surface area (Å²) in [4.78, 5) is 25.2. The highest BCUT2D eigenvalue weighted by Crippen LogP contribution is 2.34. The number of rotatable bonds is 7. The third-order valence-corrected chi connectivity index (χ3v) is 4.85. The number of carbonyl (C=O) groups excluding carboxylic acids is 2. The van der Waals surface area contributed by atoms with E-state index in [0.717, 1.165) is 4.47 Å². The third-order valence-electron chi connectivity index (χ3n) is 4.32. The van der Waals surface area contributed by atoms with Gasteiger partial charge in [0.15, 0.2) is 6.04 Å². The lowest BCUT2D eigenvalue weighted by atomic mass is 10.0. The van der Waals surface area contributed by atoms with E-state index in [1.54, 1.807) is 55.5 Å². The molecule has 3 rings (SSSR count). The SMILES string of the molecule is CCOC(=O)[C@H](Nc1ccc(OC)cc1)[C@@]1(O)OC(c2ccc(Br)cc2)=CC1=O. The maximum absolute atomic E-state index is 12.7. The normalized spacial score (nSPS) is 19.2. The summed E-state index contributed by atoms with van der Waals surface area (Å²) in [5.74, 6) is -3.24. The highest BCUT2D eigenvalue weighted by molar-refractivity contribution is 9.10. The first-order valence-electron chi connectivity index (χ1n) is 8.88. The van der Waals surface area contributed by atoms with Crippen LogP contribution in [0.4, 0.5) is 5.69 Å². The molecule has 0 unspecified atom stereocenters. The monoisotopic (exact) mass is 461 g/mol. The molecule has 0 saturated heterocycles. The Morgan fingerprint density at radius 2 is 1.86 bits per heavy atom. The van der Waals surface area contributed by atoms with Crippen LogP contribution in [0.15, 0.2) is 59.1 Å². The molecule has 2 N–H and O–H groups in total. The average molecular weight is 462 g/mol. The van der Waals surface area contributed by atoms with E-state index in [9.17, 15) is 14.7 Å². The number of ether oxygens (including phenoxy) is 3. The lowest BCUT2D eigenvalue weighted by molar-refractivity contribution is -0.186. The number of nitrogens with one attached hydrogen (secondary N) is 1. The number of carbonyl (C=O) groups is 2. The summed E-state index contributed by atoms with van der Waals surface area (Å²) in [7, 11) is 1.53. The van der Waals surface area contributed by atoms with Crippen LogP contribution in [0.2, 0.25) is 0 Å². The van der Waals surface area contributed by atoms with Crippen LogP contribution in [0, 0.1) is 0 Å². The van der Waals surface area contributed by atoms with E-state index in [2.05, 4.69) is 21.2 Å². The van der Waals surface area contributed by atoms with Gasteiger partial charge in [0.25, 0.3) is 0 Å². The molecule has 0 bridgehead atoms. The Hall–Kier alpha value is -2.84. The topological polar surface area (TPSA) is 94.1 Å². The minimum absolute atomic E-state index is 0.0803. The quantitative estimate of drug-likeness (QED) is 0.611. The predicted octanol–water partition coefficient (Wildman–Crippen LogP) is 3.13. The number of aliphatic hydroxyl groups is 1. The number of benzene rings is 2. The van der Waals surface area contributed by atoms with Crippen molar-refractivity contribution in [2.45, 2.75) is 18.8 Å². The molecule has 0 aromatic heterocycles.